The maximum Gasteiger partial charge on any atom is 0.261 e. The zero-order valence-electron chi connectivity index (χ0n) is 14.9. The van der Waals surface area contributed by atoms with Crippen molar-refractivity contribution in [3.63, 3.8) is 0 Å². The number of anilines is 1. The summed E-state index contributed by atoms with van der Waals surface area (Å²) < 4.78 is 29.8. The summed E-state index contributed by atoms with van der Waals surface area (Å²) in [4.78, 5) is 0.254. The maximum absolute atomic E-state index is 12.6. The molecule has 6 heteroatoms. The van der Waals surface area contributed by atoms with Crippen LogP contribution in [0.25, 0.3) is 10.9 Å². The molecule has 0 radical (unpaired) electrons. The quantitative estimate of drug-likeness (QED) is 0.763. The van der Waals surface area contributed by atoms with Crippen LogP contribution in [-0.4, -0.2) is 18.2 Å². The molecule has 0 aliphatic heterocycles. The summed E-state index contributed by atoms with van der Waals surface area (Å²) in [5.74, 6) is 0. The van der Waals surface area contributed by atoms with Crippen LogP contribution < -0.4 is 4.72 Å². The normalized spacial score (nSPS) is 12.5. The van der Waals surface area contributed by atoms with Gasteiger partial charge < -0.3 is 0 Å². The third-order valence-corrected chi connectivity index (χ3v) is 5.62. The van der Waals surface area contributed by atoms with Crippen LogP contribution in [0.2, 0.25) is 0 Å². The van der Waals surface area contributed by atoms with Crippen LogP contribution >= 0.6 is 0 Å². The Bertz CT molecular complexity index is 997. The fourth-order valence-electron chi connectivity index (χ4n) is 2.75. The number of fused-ring (bicyclic) bond motifs is 1. The molecular formula is C19H23N3O2S. The van der Waals surface area contributed by atoms with Crippen molar-refractivity contribution in [1.82, 2.24) is 9.78 Å². The van der Waals surface area contributed by atoms with Gasteiger partial charge in [0.25, 0.3) is 10.0 Å². The maximum atomic E-state index is 12.6. The van der Waals surface area contributed by atoms with E-state index in [-0.39, 0.29) is 10.3 Å². The van der Waals surface area contributed by atoms with Crippen LogP contribution in [-0.2, 0) is 22.0 Å². The topological polar surface area (TPSA) is 64.0 Å². The van der Waals surface area contributed by atoms with Gasteiger partial charge in [-0.15, -0.1) is 0 Å². The van der Waals surface area contributed by atoms with Gasteiger partial charge in [-0.05, 0) is 48.2 Å². The molecule has 1 N–H and O–H groups in total. The lowest BCUT2D eigenvalue weighted by Gasteiger charge is -2.19. The first-order chi connectivity index (χ1) is 11.7. The van der Waals surface area contributed by atoms with Crippen LogP contribution in [0, 0.1) is 0 Å². The minimum absolute atomic E-state index is 0.0137. The van der Waals surface area contributed by atoms with Gasteiger partial charge in [-0.2, -0.15) is 5.10 Å². The van der Waals surface area contributed by atoms with Crippen LogP contribution in [0.15, 0.2) is 53.6 Å². The highest BCUT2D eigenvalue weighted by atomic mass is 32.2. The van der Waals surface area contributed by atoms with Gasteiger partial charge in [-0.1, -0.05) is 32.9 Å². The highest BCUT2D eigenvalue weighted by Gasteiger charge is 2.18. The first-order valence-corrected chi connectivity index (χ1v) is 9.78. The van der Waals surface area contributed by atoms with E-state index >= 15 is 0 Å². The second kappa shape index (κ2) is 6.19. The van der Waals surface area contributed by atoms with Crippen LogP contribution in [0.1, 0.15) is 33.3 Å². The summed E-state index contributed by atoms with van der Waals surface area (Å²) in [6.07, 6.45) is 1.74. The van der Waals surface area contributed by atoms with Gasteiger partial charge in [0.05, 0.1) is 16.6 Å². The first kappa shape index (κ1) is 17.5. The van der Waals surface area contributed by atoms with Crippen molar-refractivity contribution in [2.24, 2.45) is 0 Å². The second-order valence-electron chi connectivity index (χ2n) is 7.11. The molecule has 0 unspecified atom stereocenters. The summed E-state index contributed by atoms with van der Waals surface area (Å²) in [5.41, 5.74) is 2.60. The highest BCUT2D eigenvalue weighted by molar-refractivity contribution is 7.92. The number of nitrogens with one attached hydrogen (secondary N) is 1. The third kappa shape index (κ3) is 3.54. The fourth-order valence-corrected chi connectivity index (χ4v) is 3.80. The number of sulfonamides is 1. The fraction of sp³-hybridized carbons (Fsp3) is 0.316. The molecule has 25 heavy (non-hydrogen) atoms. The monoisotopic (exact) mass is 357 g/mol. The van der Waals surface area contributed by atoms with E-state index in [4.69, 9.17) is 0 Å². The number of aryl methyl sites for hydroxylation is 1. The third-order valence-electron chi connectivity index (χ3n) is 4.22. The Morgan fingerprint density at radius 3 is 2.36 bits per heavy atom. The number of hydrogen-bond acceptors (Lipinski definition) is 3. The Balaban J connectivity index is 1.88. The number of rotatable bonds is 4. The highest BCUT2D eigenvalue weighted by Crippen LogP contribution is 2.25. The summed E-state index contributed by atoms with van der Waals surface area (Å²) in [6, 6.07) is 12.5. The molecule has 0 atom stereocenters. The Labute approximate surface area is 148 Å². The van der Waals surface area contributed by atoms with Gasteiger partial charge in [0.15, 0.2) is 0 Å². The molecule has 0 bridgehead atoms. The zero-order chi connectivity index (χ0) is 18.2. The van der Waals surface area contributed by atoms with Crippen molar-refractivity contribution in [2.75, 3.05) is 4.72 Å². The summed E-state index contributed by atoms with van der Waals surface area (Å²) in [6.45, 7) is 9.08. The molecule has 0 saturated heterocycles. The standard InChI is InChI=1S/C19H23N3O2S/c1-5-22-18-11-8-16(12-14(18)13-20-22)21-25(23,24)17-9-6-15(7-10-17)19(2,3)4/h6-13,21H,5H2,1-4H3. The van der Waals surface area contributed by atoms with Crippen molar-refractivity contribution < 1.29 is 8.42 Å². The van der Waals surface area contributed by atoms with Gasteiger partial charge >= 0.3 is 0 Å². The average Bonchev–Trinajstić information content (AvgIpc) is 2.96. The average molecular weight is 357 g/mol. The molecule has 1 heterocycles. The van der Waals surface area contributed by atoms with Crippen LogP contribution in [0.5, 0.6) is 0 Å². The predicted molar refractivity (Wildman–Crippen MR) is 101 cm³/mol. The molecule has 0 saturated carbocycles. The van der Waals surface area contributed by atoms with Gasteiger partial charge in [-0.25, -0.2) is 8.42 Å². The summed E-state index contributed by atoms with van der Waals surface area (Å²) in [7, 11) is -3.62. The molecule has 132 valence electrons. The minimum atomic E-state index is -3.62. The van der Waals surface area contributed by atoms with E-state index in [1.165, 1.54) is 0 Å². The van der Waals surface area contributed by atoms with E-state index in [1.54, 1.807) is 30.5 Å². The van der Waals surface area contributed by atoms with Gasteiger partial charge in [0.2, 0.25) is 0 Å². The summed E-state index contributed by atoms with van der Waals surface area (Å²) >= 11 is 0. The lowest BCUT2D eigenvalue weighted by Crippen LogP contribution is -2.14. The van der Waals surface area contributed by atoms with E-state index in [2.05, 4.69) is 30.6 Å². The van der Waals surface area contributed by atoms with Crippen molar-refractivity contribution >= 4 is 26.6 Å². The van der Waals surface area contributed by atoms with E-state index in [1.807, 2.05) is 29.8 Å². The molecular weight excluding hydrogens is 334 g/mol. The van der Waals surface area contributed by atoms with E-state index < -0.39 is 10.0 Å². The number of benzene rings is 2. The summed E-state index contributed by atoms with van der Waals surface area (Å²) in [5, 5.41) is 5.19. The molecule has 0 aliphatic carbocycles. The van der Waals surface area contributed by atoms with Crippen molar-refractivity contribution in [3.8, 4) is 0 Å². The van der Waals surface area contributed by atoms with E-state index in [0.29, 0.717) is 5.69 Å². The molecule has 0 aliphatic rings. The molecule has 0 fully saturated rings. The molecule has 3 rings (SSSR count). The molecule has 3 aromatic rings. The molecule has 0 amide bonds. The lowest BCUT2D eigenvalue weighted by atomic mass is 9.87. The van der Waals surface area contributed by atoms with E-state index in [0.717, 1.165) is 23.0 Å². The Kier molecular flexibility index (Phi) is 4.33. The number of aromatic nitrogens is 2. The number of nitrogens with zero attached hydrogens (tertiary/aromatic N) is 2. The molecule has 0 spiro atoms. The SMILES string of the molecule is CCn1ncc2cc(NS(=O)(=O)c3ccc(C(C)(C)C)cc3)ccc21. The smallest absolute Gasteiger partial charge is 0.261 e. The van der Waals surface area contributed by atoms with Crippen LogP contribution in [0.4, 0.5) is 5.69 Å². The largest absolute Gasteiger partial charge is 0.280 e. The Morgan fingerprint density at radius 1 is 1.08 bits per heavy atom. The molecule has 1 aromatic heterocycles. The minimum Gasteiger partial charge on any atom is -0.280 e. The van der Waals surface area contributed by atoms with Gasteiger partial charge in [0.1, 0.15) is 0 Å². The predicted octanol–water partition coefficient (Wildman–Crippen LogP) is 4.15. The van der Waals surface area contributed by atoms with Crippen LogP contribution in [0.3, 0.4) is 0 Å². The van der Waals surface area contributed by atoms with E-state index in [9.17, 15) is 8.42 Å². The van der Waals surface area contributed by atoms with Crippen molar-refractivity contribution in [3.05, 3.63) is 54.2 Å². The number of hydrogen-bond donors (Lipinski definition) is 1. The first-order valence-electron chi connectivity index (χ1n) is 8.29. The second-order valence-corrected chi connectivity index (χ2v) is 8.80. The molecule has 5 nitrogen and oxygen atoms in total. The Hall–Kier alpha value is -2.34. The van der Waals surface area contributed by atoms with Crippen molar-refractivity contribution in [1.29, 1.82) is 0 Å². The molecule has 2 aromatic carbocycles. The Morgan fingerprint density at radius 2 is 1.76 bits per heavy atom. The zero-order valence-corrected chi connectivity index (χ0v) is 15.8. The van der Waals surface area contributed by atoms with Gasteiger partial charge in [0, 0.05) is 17.6 Å². The van der Waals surface area contributed by atoms with Crippen molar-refractivity contribution in [2.45, 2.75) is 44.6 Å². The lowest BCUT2D eigenvalue weighted by molar-refractivity contribution is 0.587. The van der Waals surface area contributed by atoms with Gasteiger partial charge in [-0.3, -0.25) is 9.40 Å².